The number of carbonyl (C=O) groups excluding carboxylic acids is 2. The van der Waals surface area contributed by atoms with Crippen LogP contribution in [-0.4, -0.2) is 37.8 Å². The Morgan fingerprint density at radius 2 is 1.61 bits per heavy atom. The Morgan fingerprint density at radius 1 is 0.929 bits per heavy atom. The minimum absolute atomic E-state index is 0.105. The van der Waals surface area contributed by atoms with Gasteiger partial charge in [0.15, 0.2) is 6.10 Å². The van der Waals surface area contributed by atoms with Crippen LogP contribution in [0.4, 0.5) is 5.69 Å². The number of rotatable bonds is 15. The molecular formula is C22H35NO5. The molecule has 0 saturated carbocycles. The molecule has 1 N–H and O–H groups in total. The van der Waals surface area contributed by atoms with Crippen molar-refractivity contribution < 1.29 is 23.8 Å². The van der Waals surface area contributed by atoms with Gasteiger partial charge < -0.3 is 19.5 Å². The number of hydrogen-bond donors (Lipinski definition) is 1. The van der Waals surface area contributed by atoms with Crippen molar-refractivity contribution >= 4 is 17.6 Å². The number of benzene rings is 1. The highest BCUT2D eigenvalue weighted by Gasteiger charge is 2.20. The van der Waals surface area contributed by atoms with E-state index in [0.29, 0.717) is 31.8 Å². The van der Waals surface area contributed by atoms with Crippen LogP contribution < -0.4 is 10.1 Å². The number of ether oxygens (including phenoxy) is 3. The standard InChI is InChI=1S/C22H35NO5/c1-4-11-20(22(25)27-6-3)28-19-15-13-18(14-16-19)23-17-10-8-7-9-12-21(24)26-5-2/h13-16,20,23H,4-12,17H2,1-3H3. The van der Waals surface area contributed by atoms with Gasteiger partial charge in [-0.05, 0) is 57.4 Å². The van der Waals surface area contributed by atoms with Gasteiger partial charge in [-0.2, -0.15) is 0 Å². The van der Waals surface area contributed by atoms with Gasteiger partial charge >= 0.3 is 11.9 Å². The molecule has 0 heterocycles. The second-order valence-electron chi connectivity index (χ2n) is 6.57. The molecule has 1 rings (SSSR count). The Kier molecular flexibility index (Phi) is 12.6. The smallest absolute Gasteiger partial charge is 0.347 e. The summed E-state index contributed by atoms with van der Waals surface area (Å²) in [5.74, 6) is 0.248. The maximum atomic E-state index is 11.9. The van der Waals surface area contributed by atoms with E-state index >= 15 is 0 Å². The second kappa shape index (κ2) is 14.8. The largest absolute Gasteiger partial charge is 0.479 e. The van der Waals surface area contributed by atoms with Gasteiger partial charge in [-0.1, -0.05) is 26.2 Å². The summed E-state index contributed by atoms with van der Waals surface area (Å²) >= 11 is 0. The summed E-state index contributed by atoms with van der Waals surface area (Å²) in [6.45, 7) is 7.32. The zero-order chi connectivity index (χ0) is 20.6. The third-order valence-corrected chi connectivity index (χ3v) is 4.18. The van der Waals surface area contributed by atoms with Gasteiger partial charge in [0.1, 0.15) is 5.75 Å². The highest BCUT2D eigenvalue weighted by molar-refractivity contribution is 5.75. The van der Waals surface area contributed by atoms with Gasteiger partial charge in [0.05, 0.1) is 13.2 Å². The second-order valence-corrected chi connectivity index (χ2v) is 6.57. The first-order valence-electron chi connectivity index (χ1n) is 10.4. The summed E-state index contributed by atoms with van der Waals surface area (Å²) in [5, 5.41) is 3.37. The van der Waals surface area contributed by atoms with E-state index in [1.807, 2.05) is 38.1 Å². The zero-order valence-corrected chi connectivity index (χ0v) is 17.5. The van der Waals surface area contributed by atoms with Crippen LogP contribution in [0.15, 0.2) is 24.3 Å². The Labute approximate surface area is 168 Å². The molecule has 0 radical (unpaired) electrons. The minimum atomic E-state index is -0.557. The number of unbranched alkanes of at least 4 members (excludes halogenated alkanes) is 3. The van der Waals surface area contributed by atoms with Crippen LogP contribution in [0.1, 0.15) is 65.7 Å². The topological polar surface area (TPSA) is 73.9 Å². The van der Waals surface area contributed by atoms with Crippen LogP contribution in [0, 0.1) is 0 Å². The summed E-state index contributed by atoms with van der Waals surface area (Å²) in [5.41, 5.74) is 1.02. The van der Waals surface area contributed by atoms with Crippen molar-refractivity contribution in [2.45, 2.75) is 71.8 Å². The van der Waals surface area contributed by atoms with Crippen LogP contribution in [0.5, 0.6) is 5.75 Å². The first-order valence-corrected chi connectivity index (χ1v) is 10.4. The molecule has 1 aromatic carbocycles. The lowest BCUT2D eigenvalue weighted by Crippen LogP contribution is -2.29. The number of carbonyl (C=O) groups is 2. The zero-order valence-electron chi connectivity index (χ0n) is 17.5. The average molecular weight is 394 g/mol. The Hall–Kier alpha value is -2.24. The third-order valence-electron chi connectivity index (χ3n) is 4.18. The molecule has 1 atom stereocenters. The Morgan fingerprint density at radius 3 is 2.25 bits per heavy atom. The molecule has 0 aliphatic heterocycles. The average Bonchev–Trinajstić information content (AvgIpc) is 2.68. The summed E-state index contributed by atoms with van der Waals surface area (Å²) < 4.78 is 15.8. The maximum Gasteiger partial charge on any atom is 0.347 e. The fourth-order valence-corrected chi connectivity index (χ4v) is 2.75. The summed E-state index contributed by atoms with van der Waals surface area (Å²) in [7, 11) is 0. The maximum absolute atomic E-state index is 11.9. The lowest BCUT2D eigenvalue weighted by Gasteiger charge is -2.17. The molecule has 6 heteroatoms. The SMILES string of the molecule is CCCC(Oc1ccc(NCCCCCCC(=O)OCC)cc1)C(=O)OCC. The van der Waals surface area contributed by atoms with Gasteiger partial charge in [0, 0.05) is 18.7 Å². The monoisotopic (exact) mass is 393 g/mol. The molecule has 0 amide bonds. The Balaban J connectivity index is 2.27. The van der Waals surface area contributed by atoms with E-state index in [-0.39, 0.29) is 11.9 Å². The first-order chi connectivity index (χ1) is 13.6. The molecule has 158 valence electrons. The molecule has 0 aliphatic rings. The summed E-state index contributed by atoms with van der Waals surface area (Å²) in [6.07, 6.45) is 5.46. The molecular weight excluding hydrogens is 358 g/mol. The van der Waals surface area contributed by atoms with Gasteiger partial charge in [0.25, 0.3) is 0 Å². The lowest BCUT2D eigenvalue weighted by atomic mass is 10.1. The van der Waals surface area contributed by atoms with Gasteiger partial charge in [-0.15, -0.1) is 0 Å². The van der Waals surface area contributed by atoms with E-state index in [4.69, 9.17) is 14.2 Å². The molecule has 28 heavy (non-hydrogen) atoms. The van der Waals surface area contributed by atoms with Crippen molar-refractivity contribution in [3.05, 3.63) is 24.3 Å². The fourth-order valence-electron chi connectivity index (χ4n) is 2.75. The van der Waals surface area contributed by atoms with Crippen molar-refractivity contribution in [3.63, 3.8) is 0 Å². The van der Waals surface area contributed by atoms with E-state index in [1.54, 1.807) is 6.92 Å². The van der Waals surface area contributed by atoms with Crippen molar-refractivity contribution in [3.8, 4) is 5.75 Å². The van der Waals surface area contributed by atoms with Crippen LogP contribution >= 0.6 is 0 Å². The molecule has 1 unspecified atom stereocenters. The fraction of sp³-hybridized carbons (Fsp3) is 0.636. The molecule has 1 aromatic rings. The van der Waals surface area contributed by atoms with Crippen LogP contribution in [-0.2, 0) is 19.1 Å². The van der Waals surface area contributed by atoms with Gasteiger partial charge in [-0.25, -0.2) is 4.79 Å². The number of anilines is 1. The van der Waals surface area contributed by atoms with E-state index in [0.717, 1.165) is 44.3 Å². The van der Waals surface area contributed by atoms with E-state index in [1.165, 1.54) is 0 Å². The molecule has 0 aliphatic carbocycles. The van der Waals surface area contributed by atoms with Crippen LogP contribution in [0.2, 0.25) is 0 Å². The highest BCUT2D eigenvalue weighted by Crippen LogP contribution is 2.19. The summed E-state index contributed by atoms with van der Waals surface area (Å²) in [6, 6.07) is 7.63. The lowest BCUT2D eigenvalue weighted by molar-refractivity contribution is -0.151. The Bertz CT molecular complexity index is 559. The third kappa shape index (κ3) is 10.2. The first kappa shape index (κ1) is 23.8. The molecule has 0 bridgehead atoms. The molecule has 0 fully saturated rings. The van der Waals surface area contributed by atoms with Gasteiger partial charge in [0.2, 0.25) is 0 Å². The quantitative estimate of drug-likeness (QED) is 0.343. The number of esters is 2. The van der Waals surface area contributed by atoms with Crippen LogP contribution in [0.3, 0.4) is 0 Å². The van der Waals surface area contributed by atoms with Crippen LogP contribution in [0.25, 0.3) is 0 Å². The van der Waals surface area contributed by atoms with E-state index in [2.05, 4.69) is 5.32 Å². The predicted molar refractivity (Wildman–Crippen MR) is 111 cm³/mol. The van der Waals surface area contributed by atoms with Crippen molar-refractivity contribution in [2.24, 2.45) is 0 Å². The predicted octanol–water partition coefficient (Wildman–Crippen LogP) is 4.72. The van der Waals surface area contributed by atoms with Crippen molar-refractivity contribution in [1.29, 1.82) is 0 Å². The molecule has 0 aromatic heterocycles. The summed E-state index contributed by atoms with van der Waals surface area (Å²) in [4.78, 5) is 23.2. The number of nitrogens with one attached hydrogen (secondary N) is 1. The van der Waals surface area contributed by atoms with E-state index in [9.17, 15) is 9.59 Å². The van der Waals surface area contributed by atoms with Crippen molar-refractivity contribution in [2.75, 3.05) is 25.1 Å². The highest BCUT2D eigenvalue weighted by atomic mass is 16.6. The minimum Gasteiger partial charge on any atom is -0.479 e. The molecule has 6 nitrogen and oxygen atoms in total. The van der Waals surface area contributed by atoms with Crippen molar-refractivity contribution in [1.82, 2.24) is 0 Å². The van der Waals surface area contributed by atoms with Gasteiger partial charge in [-0.3, -0.25) is 4.79 Å². The molecule has 0 saturated heterocycles. The normalized spacial score (nSPS) is 11.5. The van der Waals surface area contributed by atoms with E-state index < -0.39 is 6.10 Å². The molecule has 0 spiro atoms. The number of hydrogen-bond acceptors (Lipinski definition) is 6.